The molecule has 0 spiro atoms. The van der Waals surface area contributed by atoms with Gasteiger partial charge in [0.15, 0.2) is 5.78 Å². The van der Waals surface area contributed by atoms with Gasteiger partial charge in [-0.25, -0.2) is 0 Å². The zero-order chi connectivity index (χ0) is 12.1. The second kappa shape index (κ2) is 5.51. The van der Waals surface area contributed by atoms with Crippen molar-refractivity contribution in [1.82, 2.24) is 0 Å². The van der Waals surface area contributed by atoms with Crippen molar-refractivity contribution in [3.63, 3.8) is 0 Å². The maximum Gasteiger partial charge on any atom is 0.171 e. The van der Waals surface area contributed by atoms with Gasteiger partial charge in [0.2, 0.25) is 0 Å². The molecule has 0 atom stereocenters. The number of benzene rings is 1. The number of ether oxygens (including phenoxy) is 2. The number of hydrogen-bond acceptors (Lipinski definition) is 4. The number of ketones is 1. The van der Waals surface area contributed by atoms with Crippen LogP contribution < -0.4 is 15.2 Å². The molecule has 1 aromatic carbocycles. The monoisotopic (exact) mass is 223 g/mol. The first kappa shape index (κ1) is 12.5. The molecule has 0 aliphatic heterocycles. The van der Waals surface area contributed by atoms with Gasteiger partial charge in [-0.3, -0.25) is 4.79 Å². The highest BCUT2D eigenvalue weighted by atomic mass is 16.5. The van der Waals surface area contributed by atoms with E-state index in [9.17, 15) is 4.79 Å². The predicted octanol–water partition coefficient (Wildman–Crippen LogP) is 1.54. The molecular weight excluding hydrogens is 206 g/mol. The molecule has 0 aliphatic rings. The van der Waals surface area contributed by atoms with E-state index in [4.69, 9.17) is 15.2 Å². The lowest BCUT2D eigenvalue weighted by Crippen LogP contribution is -2.11. The fraction of sp³-hybridized carbons (Fsp3) is 0.417. The Balaban J connectivity index is 3.27. The van der Waals surface area contributed by atoms with Crippen molar-refractivity contribution in [3.05, 3.63) is 23.3 Å². The topological polar surface area (TPSA) is 61.5 Å². The number of carbonyl (C=O) groups excluding carboxylic acids is 1. The minimum Gasteiger partial charge on any atom is -0.496 e. The van der Waals surface area contributed by atoms with E-state index in [1.54, 1.807) is 0 Å². The van der Waals surface area contributed by atoms with Crippen LogP contribution in [0.5, 0.6) is 11.5 Å². The molecule has 88 valence electrons. The van der Waals surface area contributed by atoms with Gasteiger partial charge >= 0.3 is 0 Å². The Kier molecular flexibility index (Phi) is 4.31. The number of rotatable bonds is 5. The molecule has 1 rings (SSSR count). The molecule has 4 nitrogen and oxygen atoms in total. The van der Waals surface area contributed by atoms with Crippen LogP contribution in [0.15, 0.2) is 12.1 Å². The van der Waals surface area contributed by atoms with Gasteiger partial charge in [-0.15, -0.1) is 0 Å². The highest BCUT2D eigenvalue weighted by Gasteiger charge is 2.18. The van der Waals surface area contributed by atoms with Crippen LogP contribution in [0.3, 0.4) is 0 Å². The summed E-state index contributed by atoms with van der Waals surface area (Å²) in [5.74, 6) is 1.02. The standard InChI is InChI=1S/C12H17NO3/c1-8-6-10(15-2)12(9(14)4-5-13)11(7-8)16-3/h6-7H,4-5,13H2,1-3H3. The number of nitrogens with two attached hydrogens (primary N) is 1. The van der Waals surface area contributed by atoms with Crippen molar-refractivity contribution in [2.75, 3.05) is 20.8 Å². The molecule has 0 aliphatic carbocycles. The number of aryl methyl sites for hydroxylation is 1. The lowest BCUT2D eigenvalue weighted by atomic mass is 10.0. The molecule has 4 heteroatoms. The van der Waals surface area contributed by atoms with Crippen molar-refractivity contribution in [2.24, 2.45) is 5.73 Å². The second-order valence-corrected chi connectivity index (χ2v) is 3.51. The molecule has 0 fully saturated rings. The lowest BCUT2D eigenvalue weighted by molar-refractivity contribution is 0.0979. The van der Waals surface area contributed by atoms with E-state index in [-0.39, 0.29) is 12.2 Å². The van der Waals surface area contributed by atoms with Crippen molar-refractivity contribution >= 4 is 5.78 Å². The van der Waals surface area contributed by atoms with Gasteiger partial charge in [0, 0.05) is 6.42 Å². The van der Waals surface area contributed by atoms with E-state index in [1.165, 1.54) is 14.2 Å². The van der Waals surface area contributed by atoms with Crippen LogP contribution in [0.1, 0.15) is 22.3 Å². The molecule has 0 unspecified atom stereocenters. The Hall–Kier alpha value is -1.55. The zero-order valence-corrected chi connectivity index (χ0v) is 9.87. The maximum atomic E-state index is 11.9. The van der Waals surface area contributed by atoms with E-state index in [0.717, 1.165) is 5.56 Å². The van der Waals surface area contributed by atoms with E-state index in [1.807, 2.05) is 19.1 Å². The Morgan fingerprint density at radius 3 is 2.12 bits per heavy atom. The van der Waals surface area contributed by atoms with Crippen LogP contribution in [-0.2, 0) is 0 Å². The molecule has 0 saturated carbocycles. The molecule has 0 saturated heterocycles. The maximum absolute atomic E-state index is 11.9. The highest BCUT2D eigenvalue weighted by Crippen LogP contribution is 2.31. The third-order valence-electron chi connectivity index (χ3n) is 2.30. The van der Waals surface area contributed by atoms with Crippen LogP contribution in [-0.4, -0.2) is 26.5 Å². The first-order chi connectivity index (χ1) is 7.63. The van der Waals surface area contributed by atoms with Gasteiger partial charge in [0.1, 0.15) is 17.1 Å². The molecule has 1 aromatic rings. The van der Waals surface area contributed by atoms with Gasteiger partial charge in [-0.2, -0.15) is 0 Å². The van der Waals surface area contributed by atoms with E-state index in [0.29, 0.717) is 23.6 Å². The minimum absolute atomic E-state index is 0.0591. The first-order valence-corrected chi connectivity index (χ1v) is 5.10. The van der Waals surface area contributed by atoms with Crippen molar-refractivity contribution in [1.29, 1.82) is 0 Å². The van der Waals surface area contributed by atoms with E-state index >= 15 is 0 Å². The minimum atomic E-state index is -0.0591. The fourth-order valence-corrected chi connectivity index (χ4v) is 1.57. The predicted molar refractivity (Wildman–Crippen MR) is 62.3 cm³/mol. The van der Waals surface area contributed by atoms with Gasteiger partial charge in [0.25, 0.3) is 0 Å². The smallest absolute Gasteiger partial charge is 0.171 e. The summed E-state index contributed by atoms with van der Waals surface area (Å²) in [6.45, 7) is 2.24. The molecule has 0 heterocycles. The Bertz CT molecular complexity index is 363. The largest absolute Gasteiger partial charge is 0.496 e. The number of carbonyl (C=O) groups is 1. The van der Waals surface area contributed by atoms with E-state index < -0.39 is 0 Å². The first-order valence-electron chi connectivity index (χ1n) is 5.10. The Morgan fingerprint density at radius 1 is 1.25 bits per heavy atom. The molecule has 0 radical (unpaired) electrons. The highest BCUT2D eigenvalue weighted by molar-refractivity contribution is 6.01. The third-order valence-corrected chi connectivity index (χ3v) is 2.30. The van der Waals surface area contributed by atoms with E-state index in [2.05, 4.69) is 0 Å². The van der Waals surface area contributed by atoms with Gasteiger partial charge in [-0.1, -0.05) is 0 Å². The fourth-order valence-electron chi connectivity index (χ4n) is 1.57. The molecule has 0 aromatic heterocycles. The number of methoxy groups -OCH3 is 2. The van der Waals surface area contributed by atoms with Crippen molar-refractivity contribution < 1.29 is 14.3 Å². The molecule has 2 N–H and O–H groups in total. The van der Waals surface area contributed by atoms with Gasteiger partial charge in [-0.05, 0) is 31.2 Å². The summed E-state index contributed by atoms with van der Waals surface area (Å²) in [4.78, 5) is 11.9. The average molecular weight is 223 g/mol. The third kappa shape index (κ3) is 2.52. The van der Waals surface area contributed by atoms with Crippen LogP contribution in [0, 0.1) is 6.92 Å². The second-order valence-electron chi connectivity index (χ2n) is 3.51. The molecule has 0 bridgehead atoms. The summed E-state index contributed by atoms with van der Waals surface area (Å²) in [5.41, 5.74) is 6.83. The van der Waals surface area contributed by atoms with Gasteiger partial charge in [0.05, 0.1) is 14.2 Å². The Morgan fingerprint density at radius 2 is 1.75 bits per heavy atom. The number of hydrogen-bond donors (Lipinski definition) is 1. The number of Topliss-reactive ketones (excluding diaryl/α,β-unsaturated/α-hetero) is 1. The van der Waals surface area contributed by atoms with Crippen LogP contribution in [0.25, 0.3) is 0 Å². The molecule has 16 heavy (non-hydrogen) atoms. The van der Waals surface area contributed by atoms with Crippen molar-refractivity contribution in [3.8, 4) is 11.5 Å². The SMILES string of the molecule is COc1cc(C)cc(OC)c1C(=O)CCN. The molecular formula is C12H17NO3. The lowest BCUT2D eigenvalue weighted by Gasteiger charge is -2.13. The summed E-state index contributed by atoms with van der Waals surface area (Å²) in [6.07, 6.45) is 0.287. The van der Waals surface area contributed by atoms with Crippen molar-refractivity contribution in [2.45, 2.75) is 13.3 Å². The summed E-state index contributed by atoms with van der Waals surface area (Å²) in [7, 11) is 3.07. The van der Waals surface area contributed by atoms with Gasteiger partial charge < -0.3 is 15.2 Å². The van der Waals surface area contributed by atoms with Crippen LogP contribution >= 0.6 is 0 Å². The summed E-state index contributed by atoms with van der Waals surface area (Å²) in [5, 5.41) is 0. The zero-order valence-electron chi connectivity index (χ0n) is 9.87. The quantitative estimate of drug-likeness (QED) is 0.769. The van der Waals surface area contributed by atoms with Crippen LogP contribution in [0.4, 0.5) is 0 Å². The average Bonchev–Trinajstić information content (AvgIpc) is 2.27. The summed E-state index contributed by atoms with van der Waals surface area (Å²) >= 11 is 0. The van der Waals surface area contributed by atoms with Crippen LogP contribution in [0.2, 0.25) is 0 Å². The summed E-state index contributed by atoms with van der Waals surface area (Å²) in [6, 6.07) is 3.62. The summed E-state index contributed by atoms with van der Waals surface area (Å²) < 4.78 is 10.4. The normalized spacial score (nSPS) is 10.0. The Labute approximate surface area is 95.3 Å². The molecule has 0 amide bonds.